The van der Waals surface area contributed by atoms with Crippen molar-refractivity contribution in [3.63, 3.8) is 0 Å². The number of aryl methyl sites for hydroxylation is 2. The van der Waals surface area contributed by atoms with E-state index in [9.17, 15) is 4.79 Å². The van der Waals surface area contributed by atoms with Gasteiger partial charge in [0, 0.05) is 10.7 Å². The minimum absolute atomic E-state index is 0.0249. The fourth-order valence-corrected chi connectivity index (χ4v) is 5.12. The molecule has 0 aliphatic heterocycles. The van der Waals surface area contributed by atoms with Crippen LogP contribution in [0, 0.1) is 0 Å². The van der Waals surface area contributed by atoms with Gasteiger partial charge in [-0.3, -0.25) is 14.3 Å². The lowest BCUT2D eigenvalue weighted by Crippen LogP contribution is -2.28. The number of rotatable bonds is 8. The number of benzene rings is 2. The number of nitrogens with one attached hydrogen (secondary N) is 1. The monoisotopic (exact) mass is 497 g/mol. The summed E-state index contributed by atoms with van der Waals surface area (Å²) in [6, 6.07) is 14.2. The zero-order valence-electron chi connectivity index (χ0n) is 20.2. The maximum Gasteiger partial charge on any atom is 0.230 e. The SMILES string of the molecule is CC(NC(=O)CSc1nnc(C(C)N(C)C)n1-c1ccc(Cl)cc1)c1ccc2c(c1)CCCC2. The third-order valence-corrected chi connectivity index (χ3v) is 7.65. The first-order valence-electron chi connectivity index (χ1n) is 11.7. The maximum absolute atomic E-state index is 12.8. The van der Waals surface area contributed by atoms with E-state index >= 15 is 0 Å². The van der Waals surface area contributed by atoms with Crippen LogP contribution in [-0.2, 0) is 17.6 Å². The summed E-state index contributed by atoms with van der Waals surface area (Å²) in [6.45, 7) is 4.12. The lowest BCUT2D eigenvalue weighted by molar-refractivity contribution is -0.119. The Labute approximate surface area is 211 Å². The number of carbonyl (C=O) groups excluding carboxylic acids is 1. The molecule has 0 saturated carbocycles. The smallest absolute Gasteiger partial charge is 0.230 e. The summed E-state index contributed by atoms with van der Waals surface area (Å²) in [5, 5.41) is 13.4. The van der Waals surface area contributed by atoms with E-state index in [1.54, 1.807) is 0 Å². The molecule has 1 aliphatic carbocycles. The van der Waals surface area contributed by atoms with Gasteiger partial charge in [0.25, 0.3) is 0 Å². The van der Waals surface area contributed by atoms with Crippen molar-refractivity contribution in [1.29, 1.82) is 0 Å². The van der Waals surface area contributed by atoms with Crippen LogP contribution in [-0.4, -0.2) is 45.4 Å². The summed E-state index contributed by atoms with van der Waals surface area (Å²) < 4.78 is 2.01. The normalized spacial score (nSPS) is 15.1. The molecule has 1 heterocycles. The molecule has 4 rings (SSSR count). The molecule has 0 spiro atoms. The number of nitrogens with zero attached hydrogens (tertiary/aromatic N) is 4. The second kappa shape index (κ2) is 10.9. The van der Waals surface area contributed by atoms with E-state index in [4.69, 9.17) is 11.6 Å². The number of carbonyl (C=O) groups is 1. The quantitative estimate of drug-likeness (QED) is 0.422. The Hall–Kier alpha value is -2.35. The van der Waals surface area contributed by atoms with E-state index in [-0.39, 0.29) is 23.7 Å². The molecule has 1 amide bonds. The Morgan fingerprint density at radius 2 is 1.79 bits per heavy atom. The Balaban J connectivity index is 1.46. The first-order chi connectivity index (χ1) is 16.3. The number of hydrogen-bond acceptors (Lipinski definition) is 5. The summed E-state index contributed by atoms with van der Waals surface area (Å²) in [4.78, 5) is 14.9. The molecule has 0 fully saturated rings. The van der Waals surface area contributed by atoms with Gasteiger partial charge in [-0.05, 0) is 94.6 Å². The first kappa shape index (κ1) is 24.8. The number of thioether (sulfide) groups is 1. The number of amides is 1. The van der Waals surface area contributed by atoms with Crippen molar-refractivity contribution < 1.29 is 4.79 Å². The minimum atomic E-state index is -0.0428. The van der Waals surface area contributed by atoms with Crippen molar-refractivity contribution in [2.75, 3.05) is 19.8 Å². The van der Waals surface area contributed by atoms with E-state index in [1.165, 1.54) is 35.7 Å². The molecule has 1 aromatic heterocycles. The highest BCUT2D eigenvalue weighted by Gasteiger charge is 2.22. The molecule has 34 heavy (non-hydrogen) atoms. The van der Waals surface area contributed by atoms with Crippen LogP contribution < -0.4 is 5.32 Å². The Bertz CT molecular complexity index is 1140. The van der Waals surface area contributed by atoms with Gasteiger partial charge in [0.1, 0.15) is 0 Å². The predicted molar refractivity (Wildman–Crippen MR) is 139 cm³/mol. The van der Waals surface area contributed by atoms with Crippen molar-refractivity contribution in [3.8, 4) is 5.69 Å². The van der Waals surface area contributed by atoms with E-state index < -0.39 is 0 Å². The molecule has 180 valence electrons. The van der Waals surface area contributed by atoms with Gasteiger partial charge in [0.2, 0.25) is 5.91 Å². The summed E-state index contributed by atoms with van der Waals surface area (Å²) in [5.41, 5.74) is 4.96. The van der Waals surface area contributed by atoms with Crippen molar-refractivity contribution in [1.82, 2.24) is 25.0 Å². The number of fused-ring (bicyclic) bond motifs is 1. The van der Waals surface area contributed by atoms with E-state index in [0.29, 0.717) is 10.2 Å². The second-order valence-corrected chi connectivity index (χ2v) is 10.5. The van der Waals surface area contributed by atoms with Gasteiger partial charge in [-0.25, -0.2) is 0 Å². The summed E-state index contributed by atoms with van der Waals surface area (Å²) in [6.07, 6.45) is 4.81. The average molecular weight is 498 g/mol. The fraction of sp³-hybridized carbons (Fsp3) is 0.423. The van der Waals surface area contributed by atoms with Crippen LogP contribution in [0.2, 0.25) is 5.02 Å². The maximum atomic E-state index is 12.8. The van der Waals surface area contributed by atoms with Crippen LogP contribution in [0.15, 0.2) is 47.6 Å². The van der Waals surface area contributed by atoms with Crippen molar-refractivity contribution in [3.05, 3.63) is 70.0 Å². The largest absolute Gasteiger partial charge is 0.349 e. The minimum Gasteiger partial charge on any atom is -0.349 e. The molecule has 0 radical (unpaired) electrons. The Morgan fingerprint density at radius 3 is 2.50 bits per heavy atom. The average Bonchev–Trinajstić information content (AvgIpc) is 3.26. The highest BCUT2D eigenvalue weighted by atomic mass is 35.5. The number of halogens is 1. The van der Waals surface area contributed by atoms with Crippen LogP contribution in [0.5, 0.6) is 0 Å². The molecule has 6 nitrogen and oxygen atoms in total. The molecule has 1 N–H and O–H groups in total. The fourth-order valence-electron chi connectivity index (χ4n) is 4.23. The van der Waals surface area contributed by atoms with E-state index in [2.05, 4.69) is 45.5 Å². The standard InChI is InChI=1S/C26H32ClN5OS/c1-17(20-10-9-19-7-5-6-8-21(19)15-20)28-24(33)16-34-26-30-29-25(18(2)31(3)4)32(26)23-13-11-22(27)12-14-23/h9-15,17-18H,5-8,16H2,1-4H3,(H,28,33). The van der Waals surface area contributed by atoms with Crippen LogP contribution in [0.1, 0.15) is 61.3 Å². The van der Waals surface area contributed by atoms with Gasteiger partial charge in [-0.15, -0.1) is 10.2 Å². The van der Waals surface area contributed by atoms with Crippen LogP contribution in [0.3, 0.4) is 0 Å². The molecule has 2 unspecified atom stereocenters. The molecule has 2 aromatic carbocycles. The third kappa shape index (κ3) is 5.65. The Kier molecular flexibility index (Phi) is 7.96. The van der Waals surface area contributed by atoms with Crippen molar-refractivity contribution >= 4 is 29.3 Å². The molecule has 2 atom stereocenters. The van der Waals surface area contributed by atoms with Crippen LogP contribution in [0.25, 0.3) is 5.69 Å². The van der Waals surface area contributed by atoms with Gasteiger partial charge in [-0.1, -0.05) is 41.6 Å². The Morgan fingerprint density at radius 1 is 1.09 bits per heavy atom. The van der Waals surface area contributed by atoms with Gasteiger partial charge in [0.05, 0.1) is 17.8 Å². The molecular formula is C26H32ClN5OS. The lowest BCUT2D eigenvalue weighted by Gasteiger charge is -2.21. The molecule has 1 aliphatic rings. The molecule has 8 heteroatoms. The van der Waals surface area contributed by atoms with Gasteiger partial charge >= 0.3 is 0 Å². The van der Waals surface area contributed by atoms with Gasteiger partial charge in [-0.2, -0.15) is 0 Å². The van der Waals surface area contributed by atoms with Crippen LogP contribution in [0.4, 0.5) is 0 Å². The molecular weight excluding hydrogens is 466 g/mol. The highest BCUT2D eigenvalue weighted by Crippen LogP contribution is 2.28. The summed E-state index contributed by atoms with van der Waals surface area (Å²) >= 11 is 7.49. The summed E-state index contributed by atoms with van der Waals surface area (Å²) in [5.74, 6) is 1.05. The van der Waals surface area contributed by atoms with Crippen LogP contribution >= 0.6 is 23.4 Å². The summed E-state index contributed by atoms with van der Waals surface area (Å²) in [7, 11) is 4.02. The van der Waals surface area contributed by atoms with Gasteiger partial charge < -0.3 is 5.32 Å². The number of aromatic nitrogens is 3. The first-order valence-corrected chi connectivity index (χ1v) is 13.1. The lowest BCUT2D eigenvalue weighted by atomic mass is 9.89. The molecule has 0 bridgehead atoms. The van der Waals surface area contributed by atoms with Crippen molar-refractivity contribution in [2.45, 2.75) is 56.8 Å². The predicted octanol–water partition coefficient (Wildman–Crippen LogP) is 5.39. The highest BCUT2D eigenvalue weighted by molar-refractivity contribution is 7.99. The zero-order chi connectivity index (χ0) is 24.2. The number of hydrogen-bond donors (Lipinski definition) is 1. The zero-order valence-corrected chi connectivity index (χ0v) is 21.8. The molecule has 3 aromatic rings. The molecule has 0 saturated heterocycles. The topological polar surface area (TPSA) is 63.1 Å². The van der Waals surface area contributed by atoms with Crippen molar-refractivity contribution in [2.24, 2.45) is 0 Å². The second-order valence-electron chi connectivity index (χ2n) is 9.11. The third-order valence-electron chi connectivity index (χ3n) is 6.47. The van der Waals surface area contributed by atoms with Gasteiger partial charge in [0.15, 0.2) is 11.0 Å². The van der Waals surface area contributed by atoms with E-state index in [0.717, 1.165) is 29.9 Å². The van der Waals surface area contributed by atoms with E-state index in [1.807, 2.05) is 49.9 Å².